The van der Waals surface area contributed by atoms with Crippen LogP contribution in [0.4, 0.5) is 5.13 Å². The molecule has 3 unspecified atom stereocenters. The number of esters is 1. The number of nitrogens with zero attached hydrogens (tertiary/aromatic N) is 2. The quantitative estimate of drug-likeness (QED) is 0.702. The van der Waals surface area contributed by atoms with Gasteiger partial charge >= 0.3 is 5.97 Å². The maximum Gasteiger partial charge on any atom is 0.337 e. The molecule has 1 saturated carbocycles. The van der Waals surface area contributed by atoms with Crippen LogP contribution in [0, 0.1) is 5.92 Å². The molecule has 1 aromatic heterocycles. The zero-order chi connectivity index (χ0) is 20.8. The molecule has 0 bridgehead atoms. The Bertz CT molecular complexity index is 1040. The van der Waals surface area contributed by atoms with Crippen molar-refractivity contribution < 1.29 is 23.9 Å². The molecule has 3 heterocycles. The molecule has 8 heteroatoms. The van der Waals surface area contributed by atoms with Crippen molar-refractivity contribution in [2.75, 3.05) is 12.0 Å². The summed E-state index contributed by atoms with van der Waals surface area (Å²) >= 11 is 1.33. The molecule has 30 heavy (non-hydrogen) atoms. The number of carbonyl (C=O) groups is 3. The van der Waals surface area contributed by atoms with Crippen molar-refractivity contribution in [2.24, 2.45) is 5.92 Å². The number of benzene rings is 1. The maximum atomic E-state index is 13.5. The second-order valence-electron chi connectivity index (χ2n) is 7.66. The third-order valence-electron chi connectivity index (χ3n) is 6.04. The summed E-state index contributed by atoms with van der Waals surface area (Å²) in [6, 6.07) is 6.16. The molecular weight excluding hydrogens is 404 g/mol. The second-order valence-corrected chi connectivity index (χ2v) is 8.53. The van der Waals surface area contributed by atoms with Gasteiger partial charge in [0, 0.05) is 11.6 Å². The fourth-order valence-corrected chi connectivity index (χ4v) is 5.28. The lowest BCUT2D eigenvalue weighted by atomic mass is 9.77. The number of ether oxygens (including phenoxy) is 2. The van der Waals surface area contributed by atoms with E-state index in [9.17, 15) is 14.4 Å². The minimum absolute atomic E-state index is 0.00426. The summed E-state index contributed by atoms with van der Waals surface area (Å²) in [6.07, 6.45) is 4.95. The van der Waals surface area contributed by atoms with Crippen LogP contribution in [0.1, 0.15) is 47.6 Å². The van der Waals surface area contributed by atoms with Crippen LogP contribution in [0.15, 0.2) is 47.2 Å². The van der Waals surface area contributed by atoms with Gasteiger partial charge in [-0.3, -0.25) is 14.5 Å². The van der Waals surface area contributed by atoms with Crippen LogP contribution in [-0.2, 0) is 19.1 Å². The summed E-state index contributed by atoms with van der Waals surface area (Å²) in [5.74, 6) is -0.837. The zero-order valence-corrected chi connectivity index (χ0v) is 17.2. The number of hydrogen-bond acceptors (Lipinski definition) is 7. The molecule has 7 nitrogen and oxygen atoms in total. The van der Waals surface area contributed by atoms with E-state index in [2.05, 4.69) is 4.98 Å². The van der Waals surface area contributed by atoms with E-state index in [0.29, 0.717) is 16.3 Å². The highest BCUT2D eigenvalue weighted by molar-refractivity contribution is 7.13. The number of anilines is 1. The van der Waals surface area contributed by atoms with Crippen LogP contribution in [0.5, 0.6) is 0 Å². The van der Waals surface area contributed by atoms with Crippen molar-refractivity contribution >= 4 is 34.1 Å². The Morgan fingerprint density at radius 2 is 1.97 bits per heavy atom. The van der Waals surface area contributed by atoms with Gasteiger partial charge in [-0.15, -0.1) is 11.3 Å². The number of methoxy groups -OCH3 is 1. The summed E-state index contributed by atoms with van der Waals surface area (Å²) in [5, 5.41) is 2.30. The molecule has 0 saturated heterocycles. The van der Waals surface area contributed by atoms with Crippen LogP contribution in [0.25, 0.3) is 0 Å². The Labute approximate surface area is 177 Å². The first-order valence-corrected chi connectivity index (χ1v) is 10.8. The van der Waals surface area contributed by atoms with E-state index < -0.39 is 12.0 Å². The number of thiazole rings is 1. The molecule has 2 aromatic rings. The minimum atomic E-state index is -0.624. The van der Waals surface area contributed by atoms with Gasteiger partial charge in [0.05, 0.1) is 30.2 Å². The van der Waals surface area contributed by atoms with Gasteiger partial charge in [-0.25, -0.2) is 9.78 Å². The summed E-state index contributed by atoms with van der Waals surface area (Å²) in [4.78, 5) is 44.5. The Hall–Kier alpha value is -3.00. The standard InChI is InChI=1S/C22H20N2O5S/c1-28-21(27)13-8-6-12(7-9-13)17-16-18(25)14-4-2-3-5-15(14)29-19(16)20(26)24(17)22-23-10-11-30-22/h6-11,14-15,17H,2-5H2,1H3. The summed E-state index contributed by atoms with van der Waals surface area (Å²) < 4.78 is 10.9. The van der Waals surface area contributed by atoms with E-state index in [-0.39, 0.29) is 29.5 Å². The van der Waals surface area contributed by atoms with Crippen LogP contribution in [0.2, 0.25) is 0 Å². The number of fused-ring (bicyclic) bond motifs is 1. The Morgan fingerprint density at radius 3 is 2.67 bits per heavy atom. The molecule has 3 aliphatic rings. The predicted octanol–water partition coefficient (Wildman–Crippen LogP) is 3.43. The van der Waals surface area contributed by atoms with Crippen LogP contribution in [0.3, 0.4) is 0 Å². The lowest BCUT2D eigenvalue weighted by Gasteiger charge is -2.35. The number of aromatic nitrogens is 1. The van der Waals surface area contributed by atoms with Crippen molar-refractivity contribution in [1.29, 1.82) is 0 Å². The largest absolute Gasteiger partial charge is 0.483 e. The van der Waals surface area contributed by atoms with Crippen LogP contribution >= 0.6 is 11.3 Å². The van der Waals surface area contributed by atoms with Crippen molar-refractivity contribution in [3.8, 4) is 0 Å². The highest BCUT2D eigenvalue weighted by atomic mass is 32.1. The van der Waals surface area contributed by atoms with Gasteiger partial charge in [-0.1, -0.05) is 18.6 Å². The van der Waals surface area contributed by atoms with E-state index in [4.69, 9.17) is 9.47 Å². The lowest BCUT2D eigenvalue weighted by Crippen LogP contribution is -2.39. The topological polar surface area (TPSA) is 85.8 Å². The summed E-state index contributed by atoms with van der Waals surface area (Å²) in [5.41, 5.74) is 1.53. The first kappa shape index (κ1) is 19.0. The molecule has 1 amide bonds. The fraction of sp³-hybridized carbons (Fsp3) is 0.364. The number of amides is 1. The molecule has 1 fully saturated rings. The Balaban J connectivity index is 1.61. The number of rotatable bonds is 3. The smallest absolute Gasteiger partial charge is 0.337 e. The monoisotopic (exact) mass is 424 g/mol. The number of Topliss-reactive ketones (excluding diaryl/α,β-unsaturated/α-hetero) is 1. The van der Waals surface area contributed by atoms with Crippen LogP contribution < -0.4 is 4.90 Å². The van der Waals surface area contributed by atoms with Crippen molar-refractivity contribution in [2.45, 2.75) is 37.8 Å². The SMILES string of the molecule is COC(=O)c1ccc(C2C3=C(OC4CCCCC4C3=O)C(=O)N2c2nccs2)cc1. The molecule has 0 radical (unpaired) electrons. The van der Waals surface area contributed by atoms with Crippen molar-refractivity contribution in [1.82, 2.24) is 4.98 Å². The number of carbonyl (C=O) groups excluding carboxylic acids is 3. The molecule has 1 aliphatic carbocycles. The highest BCUT2D eigenvalue weighted by Crippen LogP contribution is 2.48. The van der Waals surface area contributed by atoms with Gasteiger partial charge in [0.2, 0.25) is 0 Å². The Kier molecular flexibility index (Phi) is 4.66. The van der Waals surface area contributed by atoms with Gasteiger partial charge in [0.1, 0.15) is 6.10 Å². The van der Waals surface area contributed by atoms with E-state index in [1.807, 2.05) is 0 Å². The first-order valence-electron chi connectivity index (χ1n) is 9.96. The average Bonchev–Trinajstić information content (AvgIpc) is 3.40. The fourth-order valence-electron chi connectivity index (χ4n) is 4.61. The Morgan fingerprint density at radius 1 is 1.20 bits per heavy atom. The van der Waals surface area contributed by atoms with Crippen LogP contribution in [-0.4, -0.2) is 35.9 Å². The second kappa shape index (κ2) is 7.36. The molecule has 3 atom stereocenters. The van der Waals surface area contributed by atoms with Gasteiger partial charge in [-0.05, 0) is 37.0 Å². The normalized spacial score (nSPS) is 25.6. The maximum absolute atomic E-state index is 13.5. The van der Waals surface area contributed by atoms with Gasteiger partial charge in [0.25, 0.3) is 5.91 Å². The molecule has 2 aliphatic heterocycles. The van der Waals surface area contributed by atoms with Gasteiger partial charge < -0.3 is 9.47 Å². The number of ketones is 1. The molecule has 0 N–H and O–H groups in total. The summed E-state index contributed by atoms with van der Waals surface area (Å²) in [6.45, 7) is 0. The van der Waals surface area contributed by atoms with Gasteiger partial charge in [0.15, 0.2) is 16.7 Å². The zero-order valence-electron chi connectivity index (χ0n) is 16.4. The highest BCUT2D eigenvalue weighted by Gasteiger charge is 2.52. The molecule has 0 spiro atoms. The number of hydrogen-bond donors (Lipinski definition) is 0. The molecule has 154 valence electrons. The van der Waals surface area contributed by atoms with Crippen molar-refractivity contribution in [3.05, 3.63) is 58.3 Å². The molecule has 5 rings (SSSR count). The van der Waals surface area contributed by atoms with Gasteiger partial charge in [-0.2, -0.15) is 0 Å². The van der Waals surface area contributed by atoms with E-state index in [1.54, 1.807) is 35.8 Å². The van der Waals surface area contributed by atoms with E-state index in [0.717, 1.165) is 31.2 Å². The first-order chi connectivity index (χ1) is 14.6. The molecule has 1 aromatic carbocycles. The predicted molar refractivity (Wildman–Crippen MR) is 109 cm³/mol. The van der Waals surface area contributed by atoms with E-state index in [1.165, 1.54) is 23.3 Å². The minimum Gasteiger partial charge on any atom is -0.483 e. The lowest BCUT2D eigenvalue weighted by molar-refractivity contribution is -0.131. The third kappa shape index (κ3) is 2.86. The third-order valence-corrected chi connectivity index (χ3v) is 6.81. The van der Waals surface area contributed by atoms with Crippen molar-refractivity contribution in [3.63, 3.8) is 0 Å². The van der Waals surface area contributed by atoms with E-state index >= 15 is 0 Å². The average molecular weight is 424 g/mol. The molecular formula is C22H20N2O5S. The summed E-state index contributed by atoms with van der Waals surface area (Å²) in [7, 11) is 1.33.